The van der Waals surface area contributed by atoms with Gasteiger partial charge in [-0.05, 0) is 31.9 Å². The zero-order chi connectivity index (χ0) is 22.8. The van der Waals surface area contributed by atoms with Gasteiger partial charge < -0.3 is 10.1 Å². The van der Waals surface area contributed by atoms with E-state index in [-0.39, 0.29) is 18.7 Å². The Balaban J connectivity index is 1.64. The largest absolute Gasteiger partial charge is 0.462 e. The van der Waals surface area contributed by atoms with Crippen molar-refractivity contribution in [2.24, 2.45) is 0 Å². The number of thiophene rings is 2. The second kappa shape index (κ2) is 9.05. The lowest BCUT2D eigenvalue weighted by Gasteiger charge is -2.10. The number of hydrogen-bond acceptors (Lipinski definition) is 7. The maximum atomic E-state index is 12.9. The molecule has 1 aromatic carbocycles. The molecule has 0 saturated heterocycles. The van der Waals surface area contributed by atoms with E-state index in [0.29, 0.717) is 26.3 Å². The zero-order valence-corrected chi connectivity index (χ0v) is 19.4. The van der Waals surface area contributed by atoms with Gasteiger partial charge in [0, 0.05) is 15.8 Å². The Morgan fingerprint density at radius 1 is 1.19 bits per heavy atom. The second-order valence-electron chi connectivity index (χ2n) is 7.13. The molecule has 3 heterocycles. The Morgan fingerprint density at radius 2 is 1.94 bits per heavy atom. The van der Waals surface area contributed by atoms with Crippen molar-refractivity contribution < 1.29 is 14.3 Å². The number of rotatable bonds is 6. The van der Waals surface area contributed by atoms with Crippen LogP contribution in [0.2, 0.25) is 0 Å². The van der Waals surface area contributed by atoms with E-state index in [9.17, 15) is 14.4 Å². The first-order chi connectivity index (χ1) is 15.4. The fourth-order valence-electron chi connectivity index (χ4n) is 3.39. The summed E-state index contributed by atoms with van der Waals surface area (Å²) in [6.07, 6.45) is 1.38. The van der Waals surface area contributed by atoms with Crippen LogP contribution in [0.4, 0.5) is 5.00 Å². The number of benzene rings is 1. The van der Waals surface area contributed by atoms with Gasteiger partial charge in [0.2, 0.25) is 5.91 Å². The van der Waals surface area contributed by atoms with Crippen LogP contribution in [0.3, 0.4) is 0 Å². The number of esters is 1. The van der Waals surface area contributed by atoms with Gasteiger partial charge in [-0.2, -0.15) is 0 Å². The molecule has 0 spiro atoms. The SMILES string of the molecule is CCOC(=O)c1c(-c2ccccc2)csc1NC(=O)Cn1cnc2sc(C)c(C)c2c1=O. The van der Waals surface area contributed by atoms with E-state index >= 15 is 0 Å². The number of carbonyl (C=O) groups is 2. The smallest absolute Gasteiger partial charge is 0.341 e. The van der Waals surface area contributed by atoms with Crippen LogP contribution >= 0.6 is 22.7 Å². The molecule has 4 aromatic rings. The summed E-state index contributed by atoms with van der Waals surface area (Å²) in [6, 6.07) is 9.43. The number of anilines is 1. The van der Waals surface area contributed by atoms with Crippen molar-refractivity contribution in [2.45, 2.75) is 27.3 Å². The van der Waals surface area contributed by atoms with Crippen LogP contribution in [0.1, 0.15) is 27.7 Å². The quantitative estimate of drug-likeness (QED) is 0.418. The monoisotopic (exact) mass is 467 g/mol. The van der Waals surface area contributed by atoms with Gasteiger partial charge in [0.05, 0.1) is 18.3 Å². The molecule has 1 N–H and O–H groups in total. The maximum Gasteiger partial charge on any atom is 0.341 e. The minimum Gasteiger partial charge on any atom is -0.462 e. The summed E-state index contributed by atoms with van der Waals surface area (Å²) < 4.78 is 6.51. The normalized spacial score (nSPS) is 11.0. The second-order valence-corrected chi connectivity index (χ2v) is 9.21. The number of amides is 1. The first-order valence-corrected chi connectivity index (χ1v) is 11.7. The van der Waals surface area contributed by atoms with Gasteiger partial charge in [0.25, 0.3) is 5.56 Å². The Kier molecular flexibility index (Phi) is 6.20. The fourth-order valence-corrected chi connectivity index (χ4v) is 5.35. The molecule has 0 unspecified atom stereocenters. The summed E-state index contributed by atoms with van der Waals surface area (Å²) in [5.41, 5.74) is 2.47. The summed E-state index contributed by atoms with van der Waals surface area (Å²) >= 11 is 2.70. The standard InChI is InChI=1S/C23H21N3O4S2/c1-4-30-23(29)19-16(15-8-6-5-7-9-15)11-31-21(19)25-17(27)10-26-12-24-20-18(22(26)28)13(2)14(3)32-20/h5-9,11-12H,4,10H2,1-3H3,(H,25,27). The molecule has 32 heavy (non-hydrogen) atoms. The number of nitrogens with zero attached hydrogens (tertiary/aromatic N) is 2. The molecule has 0 aliphatic carbocycles. The molecule has 0 bridgehead atoms. The molecular weight excluding hydrogens is 446 g/mol. The van der Waals surface area contributed by atoms with E-state index in [1.54, 1.807) is 6.92 Å². The van der Waals surface area contributed by atoms with Crippen molar-refractivity contribution in [1.82, 2.24) is 9.55 Å². The Morgan fingerprint density at radius 3 is 2.66 bits per heavy atom. The van der Waals surface area contributed by atoms with Gasteiger partial charge >= 0.3 is 5.97 Å². The van der Waals surface area contributed by atoms with Gasteiger partial charge in [0.15, 0.2) is 0 Å². The lowest BCUT2D eigenvalue weighted by atomic mass is 10.0. The third-order valence-electron chi connectivity index (χ3n) is 5.08. The van der Waals surface area contributed by atoms with Crippen molar-refractivity contribution in [3.05, 3.63) is 68.4 Å². The van der Waals surface area contributed by atoms with Crippen molar-refractivity contribution in [1.29, 1.82) is 0 Å². The molecule has 0 fully saturated rings. The molecule has 0 aliphatic heterocycles. The molecule has 0 saturated carbocycles. The molecule has 7 nitrogen and oxygen atoms in total. The van der Waals surface area contributed by atoms with E-state index in [1.165, 1.54) is 33.6 Å². The number of fused-ring (bicyclic) bond motifs is 1. The number of hydrogen-bond donors (Lipinski definition) is 1. The molecular formula is C23H21N3O4S2. The number of ether oxygens (including phenoxy) is 1. The maximum absolute atomic E-state index is 12.9. The first kappa shape index (κ1) is 21.9. The number of aryl methyl sites for hydroxylation is 2. The molecule has 3 aromatic heterocycles. The summed E-state index contributed by atoms with van der Waals surface area (Å²) in [5, 5.41) is 5.52. The van der Waals surface area contributed by atoms with Crippen molar-refractivity contribution in [2.75, 3.05) is 11.9 Å². The van der Waals surface area contributed by atoms with Crippen LogP contribution < -0.4 is 10.9 Å². The molecule has 164 valence electrons. The molecule has 1 amide bonds. The molecule has 9 heteroatoms. The van der Waals surface area contributed by atoms with Crippen molar-refractivity contribution in [3.8, 4) is 11.1 Å². The summed E-state index contributed by atoms with van der Waals surface area (Å²) in [6.45, 7) is 5.56. The van der Waals surface area contributed by atoms with Gasteiger partial charge in [-0.3, -0.25) is 14.2 Å². The minimum atomic E-state index is -0.507. The fraction of sp³-hybridized carbons (Fsp3) is 0.217. The molecule has 4 rings (SSSR count). The lowest BCUT2D eigenvalue weighted by molar-refractivity contribution is -0.116. The van der Waals surface area contributed by atoms with Crippen molar-refractivity contribution in [3.63, 3.8) is 0 Å². The highest BCUT2D eigenvalue weighted by Gasteiger charge is 2.23. The first-order valence-electron chi connectivity index (χ1n) is 9.99. The third kappa shape index (κ3) is 4.09. The highest BCUT2D eigenvalue weighted by atomic mass is 32.1. The van der Waals surface area contributed by atoms with Crippen LogP contribution in [-0.4, -0.2) is 28.0 Å². The van der Waals surface area contributed by atoms with Crippen LogP contribution in [0.15, 0.2) is 46.8 Å². The number of aromatic nitrogens is 2. The van der Waals surface area contributed by atoms with Gasteiger partial charge in [-0.1, -0.05) is 30.3 Å². The topological polar surface area (TPSA) is 90.3 Å². The summed E-state index contributed by atoms with van der Waals surface area (Å²) in [7, 11) is 0. The van der Waals surface area contributed by atoms with E-state index in [2.05, 4.69) is 10.3 Å². The third-order valence-corrected chi connectivity index (χ3v) is 7.09. The predicted molar refractivity (Wildman–Crippen MR) is 128 cm³/mol. The van der Waals surface area contributed by atoms with Gasteiger partial charge in [0.1, 0.15) is 21.9 Å². The van der Waals surface area contributed by atoms with E-state index < -0.39 is 11.9 Å². The van der Waals surface area contributed by atoms with Gasteiger partial charge in [-0.15, -0.1) is 22.7 Å². The average Bonchev–Trinajstić information content (AvgIpc) is 3.32. The van der Waals surface area contributed by atoms with E-state index in [0.717, 1.165) is 16.0 Å². The van der Waals surface area contributed by atoms with Crippen LogP contribution in [0, 0.1) is 13.8 Å². The average molecular weight is 468 g/mol. The minimum absolute atomic E-state index is 0.211. The van der Waals surface area contributed by atoms with E-state index in [4.69, 9.17) is 4.74 Å². The number of carbonyl (C=O) groups excluding carboxylic acids is 2. The summed E-state index contributed by atoms with van der Waals surface area (Å²) in [4.78, 5) is 44.4. The molecule has 0 aliphatic rings. The Bertz CT molecular complexity index is 1370. The zero-order valence-electron chi connectivity index (χ0n) is 17.8. The number of nitrogens with one attached hydrogen (secondary N) is 1. The highest BCUT2D eigenvalue weighted by Crippen LogP contribution is 2.36. The van der Waals surface area contributed by atoms with Crippen LogP contribution in [0.25, 0.3) is 21.3 Å². The predicted octanol–water partition coefficient (Wildman–Crippen LogP) is 4.62. The highest BCUT2D eigenvalue weighted by molar-refractivity contribution is 7.18. The Hall–Kier alpha value is -3.30. The van der Waals surface area contributed by atoms with Crippen LogP contribution in [0.5, 0.6) is 0 Å². The Labute approximate surface area is 192 Å². The molecule has 0 radical (unpaired) electrons. The van der Waals surface area contributed by atoms with Crippen molar-refractivity contribution >= 4 is 49.8 Å². The lowest BCUT2D eigenvalue weighted by Crippen LogP contribution is -2.28. The molecule has 0 atom stereocenters. The van der Waals surface area contributed by atoms with Crippen LogP contribution in [-0.2, 0) is 16.1 Å². The van der Waals surface area contributed by atoms with Gasteiger partial charge in [-0.25, -0.2) is 9.78 Å². The van der Waals surface area contributed by atoms with E-state index in [1.807, 2.05) is 49.6 Å². The summed E-state index contributed by atoms with van der Waals surface area (Å²) in [5.74, 6) is -0.933.